The number of hydrogen-bond acceptors (Lipinski definition) is 3. The molecule has 0 spiro atoms. The van der Waals surface area contributed by atoms with Gasteiger partial charge < -0.3 is 9.94 Å². The van der Waals surface area contributed by atoms with E-state index in [4.69, 9.17) is 5.11 Å². The van der Waals surface area contributed by atoms with E-state index in [0.717, 1.165) is 18.3 Å². The van der Waals surface area contributed by atoms with Gasteiger partial charge in [-0.15, -0.1) is 0 Å². The highest BCUT2D eigenvalue weighted by atomic mass is 19.4. The van der Waals surface area contributed by atoms with E-state index < -0.39 is 23.5 Å². The van der Waals surface area contributed by atoms with E-state index in [0.29, 0.717) is 12.1 Å². The van der Waals surface area contributed by atoms with E-state index in [1.165, 1.54) is 7.11 Å². The molecule has 112 valence electrons. The number of benzene rings is 1. The maximum absolute atomic E-state index is 12.6. The van der Waals surface area contributed by atoms with Crippen molar-refractivity contribution < 1.29 is 36.3 Å². The molecule has 0 aromatic heterocycles. The molecule has 0 atom stereocenters. The standard InChI is InChI=1S/C11H9F6NO2/c1-20-18-6-7-2-4-8(5-3-7)9(19,10(12,13)14)11(15,16)17/h2-6,19H,1H3. The molecule has 1 aromatic carbocycles. The van der Waals surface area contributed by atoms with Crippen LogP contribution in [0.3, 0.4) is 0 Å². The van der Waals surface area contributed by atoms with Crippen LogP contribution in [0, 0.1) is 0 Å². The van der Waals surface area contributed by atoms with Crippen LogP contribution in [-0.2, 0) is 10.4 Å². The summed E-state index contributed by atoms with van der Waals surface area (Å²) in [6.45, 7) is 0. The lowest BCUT2D eigenvalue weighted by atomic mass is 9.91. The Labute approximate surface area is 109 Å². The fourth-order valence-electron chi connectivity index (χ4n) is 1.41. The minimum absolute atomic E-state index is 0.210. The van der Waals surface area contributed by atoms with Crippen molar-refractivity contribution in [1.82, 2.24) is 0 Å². The fraction of sp³-hybridized carbons (Fsp3) is 0.364. The third kappa shape index (κ3) is 2.87. The van der Waals surface area contributed by atoms with Gasteiger partial charge in [0.05, 0.1) is 6.21 Å². The highest BCUT2D eigenvalue weighted by Crippen LogP contribution is 2.49. The highest BCUT2D eigenvalue weighted by Gasteiger charge is 2.71. The first-order chi connectivity index (χ1) is 9.04. The Morgan fingerprint density at radius 1 is 1.00 bits per heavy atom. The van der Waals surface area contributed by atoms with Crippen molar-refractivity contribution in [3.63, 3.8) is 0 Å². The first-order valence-corrected chi connectivity index (χ1v) is 5.07. The van der Waals surface area contributed by atoms with E-state index in [9.17, 15) is 26.3 Å². The van der Waals surface area contributed by atoms with Crippen molar-refractivity contribution in [2.75, 3.05) is 7.11 Å². The van der Waals surface area contributed by atoms with Gasteiger partial charge in [-0.05, 0) is 5.56 Å². The van der Waals surface area contributed by atoms with Crippen LogP contribution < -0.4 is 0 Å². The average molecular weight is 301 g/mol. The Morgan fingerprint density at radius 2 is 1.45 bits per heavy atom. The van der Waals surface area contributed by atoms with Gasteiger partial charge in [0, 0.05) is 5.56 Å². The molecule has 0 aliphatic rings. The monoisotopic (exact) mass is 301 g/mol. The minimum atomic E-state index is -5.90. The molecule has 1 aromatic rings. The smallest absolute Gasteiger partial charge is 0.399 e. The second-order valence-electron chi connectivity index (χ2n) is 3.75. The molecule has 0 aliphatic carbocycles. The summed E-state index contributed by atoms with van der Waals surface area (Å²) in [6.07, 6.45) is -10.7. The van der Waals surface area contributed by atoms with Crippen LogP contribution in [0.1, 0.15) is 11.1 Å². The predicted molar refractivity (Wildman–Crippen MR) is 57.1 cm³/mol. The number of oxime groups is 1. The van der Waals surface area contributed by atoms with E-state index in [1.807, 2.05) is 0 Å². The van der Waals surface area contributed by atoms with Crippen LogP contribution >= 0.6 is 0 Å². The molecule has 0 aliphatic heterocycles. The zero-order chi connectivity index (χ0) is 15.6. The topological polar surface area (TPSA) is 41.8 Å². The maximum atomic E-state index is 12.6. The van der Waals surface area contributed by atoms with E-state index in [1.54, 1.807) is 0 Å². The molecular weight excluding hydrogens is 292 g/mol. The summed E-state index contributed by atoms with van der Waals surface area (Å²) in [5, 5.41) is 12.4. The van der Waals surface area contributed by atoms with E-state index >= 15 is 0 Å². The molecule has 0 bridgehead atoms. The largest absolute Gasteiger partial charge is 0.430 e. The van der Waals surface area contributed by atoms with Crippen LogP contribution in [0.2, 0.25) is 0 Å². The molecule has 0 fully saturated rings. The zero-order valence-electron chi connectivity index (χ0n) is 9.96. The first kappa shape index (κ1) is 16.3. The second-order valence-corrected chi connectivity index (χ2v) is 3.75. The Bertz CT molecular complexity index is 463. The number of halogens is 6. The summed E-state index contributed by atoms with van der Waals surface area (Å²) < 4.78 is 75.4. The van der Waals surface area contributed by atoms with Gasteiger partial charge in [-0.3, -0.25) is 0 Å². The first-order valence-electron chi connectivity index (χ1n) is 5.07. The Balaban J connectivity index is 3.28. The van der Waals surface area contributed by atoms with E-state index in [2.05, 4.69) is 9.99 Å². The highest BCUT2D eigenvalue weighted by molar-refractivity contribution is 5.79. The third-order valence-corrected chi connectivity index (χ3v) is 2.46. The van der Waals surface area contributed by atoms with Gasteiger partial charge in [-0.2, -0.15) is 26.3 Å². The molecule has 0 amide bonds. The number of rotatable bonds is 3. The van der Waals surface area contributed by atoms with Crippen LogP contribution in [-0.4, -0.2) is 30.8 Å². The van der Waals surface area contributed by atoms with Gasteiger partial charge in [0.1, 0.15) is 7.11 Å². The fourth-order valence-corrected chi connectivity index (χ4v) is 1.41. The molecule has 0 unspecified atom stereocenters. The summed E-state index contributed by atoms with van der Waals surface area (Å²) >= 11 is 0. The van der Waals surface area contributed by atoms with Gasteiger partial charge in [0.25, 0.3) is 5.60 Å². The van der Waals surface area contributed by atoms with Crippen LogP contribution in [0.4, 0.5) is 26.3 Å². The molecule has 9 heteroatoms. The molecule has 0 saturated carbocycles. The van der Waals surface area contributed by atoms with Crippen LogP contribution in [0.5, 0.6) is 0 Å². The summed E-state index contributed by atoms with van der Waals surface area (Å²) in [7, 11) is 1.22. The number of hydrogen-bond donors (Lipinski definition) is 1. The lowest BCUT2D eigenvalue weighted by Gasteiger charge is -2.32. The Kier molecular flexibility index (Phi) is 4.33. The zero-order valence-corrected chi connectivity index (χ0v) is 9.96. The van der Waals surface area contributed by atoms with Crippen LogP contribution in [0.25, 0.3) is 0 Å². The molecule has 0 radical (unpaired) electrons. The van der Waals surface area contributed by atoms with Crippen molar-refractivity contribution in [2.45, 2.75) is 18.0 Å². The molecule has 1 rings (SSSR count). The predicted octanol–water partition coefficient (Wildman–Crippen LogP) is 2.98. The van der Waals surface area contributed by atoms with Gasteiger partial charge in [-0.25, -0.2) is 0 Å². The molecule has 1 N–H and O–H groups in total. The normalized spacial score (nSPS) is 13.8. The molecule has 0 heterocycles. The van der Waals surface area contributed by atoms with Crippen molar-refractivity contribution in [1.29, 1.82) is 0 Å². The molecule has 0 saturated heterocycles. The molecule has 3 nitrogen and oxygen atoms in total. The molecular formula is C11H9F6NO2. The average Bonchev–Trinajstić information content (AvgIpc) is 2.33. The molecule has 20 heavy (non-hydrogen) atoms. The Morgan fingerprint density at radius 3 is 1.80 bits per heavy atom. The van der Waals surface area contributed by atoms with Gasteiger partial charge in [0.15, 0.2) is 0 Å². The van der Waals surface area contributed by atoms with Gasteiger partial charge in [-0.1, -0.05) is 29.4 Å². The Hall–Kier alpha value is -1.77. The summed E-state index contributed by atoms with van der Waals surface area (Å²) in [4.78, 5) is 4.31. The number of alkyl halides is 6. The summed E-state index contributed by atoms with van der Waals surface area (Å²) in [6, 6.07) is 2.94. The van der Waals surface area contributed by atoms with Crippen molar-refractivity contribution in [3.8, 4) is 0 Å². The number of nitrogens with zero attached hydrogens (tertiary/aromatic N) is 1. The third-order valence-electron chi connectivity index (χ3n) is 2.46. The number of aliphatic hydroxyl groups is 1. The maximum Gasteiger partial charge on any atom is 0.430 e. The lowest BCUT2D eigenvalue weighted by molar-refractivity contribution is -0.376. The minimum Gasteiger partial charge on any atom is -0.399 e. The van der Waals surface area contributed by atoms with Gasteiger partial charge >= 0.3 is 12.4 Å². The lowest BCUT2D eigenvalue weighted by Crippen LogP contribution is -2.53. The second kappa shape index (κ2) is 5.31. The van der Waals surface area contributed by atoms with Crippen molar-refractivity contribution >= 4 is 6.21 Å². The quantitative estimate of drug-likeness (QED) is 0.530. The van der Waals surface area contributed by atoms with Crippen molar-refractivity contribution in [3.05, 3.63) is 35.4 Å². The van der Waals surface area contributed by atoms with Crippen molar-refractivity contribution in [2.24, 2.45) is 5.16 Å². The SMILES string of the molecule is CON=Cc1ccc(C(O)(C(F)(F)F)C(F)(F)F)cc1. The van der Waals surface area contributed by atoms with Crippen LogP contribution in [0.15, 0.2) is 29.4 Å². The van der Waals surface area contributed by atoms with E-state index in [-0.39, 0.29) is 5.56 Å². The summed E-state index contributed by atoms with van der Waals surface area (Å²) in [5.41, 5.74) is -6.04. The summed E-state index contributed by atoms with van der Waals surface area (Å²) in [5.74, 6) is 0. The van der Waals surface area contributed by atoms with Gasteiger partial charge in [0.2, 0.25) is 0 Å².